The van der Waals surface area contributed by atoms with E-state index in [2.05, 4.69) is 10.3 Å². The van der Waals surface area contributed by atoms with Gasteiger partial charge in [0.2, 0.25) is 5.91 Å². The number of carbonyl (C=O) groups is 1. The van der Waals surface area contributed by atoms with Gasteiger partial charge >= 0.3 is 0 Å². The second-order valence-electron chi connectivity index (χ2n) is 5.03. The van der Waals surface area contributed by atoms with Crippen LogP contribution in [-0.2, 0) is 4.79 Å². The number of ether oxygens (including phenoxy) is 1. The Hall–Kier alpha value is -2.02. The quantitative estimate of drug-likeness (QED) is 0.587. The molecule has 0 unspecified atom stereocenters. The van der Waals surface area contributed by atoms with Crippen LogP contribution < -0.4 is 10.1 Å². The molecular formula is C18H15ClN2O2S2. The van der Waals surface area contributed by atoms with Crippen LogP contribution in [0.1, 0.15) is 0 Å². The van der Waals surface area contributed by atoms with Crippen molar-refractivity contribution in [1.82, 2.24) is 4.98 Å². The zero-order valence-electron chi connectivity index (χ0n) is 13.4. The number of rotatable bonds is 6. The number of thiazole rings is 1. The van der Waals surface area contributed by atoms with Gasteiger partial charge in [0.1, 0.15) is 5.75 Å². The van der Waals surface area contributed by atoms with Crippen molar-refractivity contribution < 1.29 is 9.53 Å². The van der Waals surface area contributed by atoms with E-state index in [1.54, 1.807) is 7.11 Å². The van der Waals surface area contributed by atoms with Gasteiger partial charge in [-0.15, -0.1) is 23.1 Å². The van der Waals surface area contributed by atoms with Crippen molar-refractivity contribution in [2.45, 2.75) is 4.90 Å². The van der Waals surface area contributed by atoms with E-state index in [1.807, 2.05) is 53.9 Å². The SMILES string of the molecule is COc1cccc(SCC(=O)Nc2nc(-c3ccccc3Cl)cs2)c1. The number of carbonyl (C=O) groups excluding carboxylic acids is 1. The first kappa shape index (κ1) is 17.8. The maximum absolute atomic E-state index is 12.1. The molecule has 128 valence electrons. The fraction of sp³-hybridized carbons (Fsp3) is 0.111. The Bertz CT molecular complexity index is 883. The molecule has 25 heavy (non-hydrogen) atoms. The highest BCUT2D eigenvalue weighted by molar-refractivity contribution is 8.00. The molecule has 0 fully saturated rings. The number of halogens is 1. The molecule has 7 heteroatoms. The lowest BCUT2D eigenvalue weighted by molar-refractivity contribution is -0.113. The van der Waals surface area contributed by atoms with E-state index in [1.165, 1.54) is 23.1 Å². The van der Waals surface area contributed by atoms with Gasteiger partial charge in [0.15, 0.2) is 5.13 Å². The number of hydrogen-bond acceptors (Lipinski definition) is 5. The minimum atomic E-state index is -0.104. The molecule has 4 nitrogen and oxygen atoms in total. The molecule has 0 saturated carbocycles. The van der Waals surface area contributed by atoms with Crippen LogP contribution in [0.25, 0.3) is 11.3 Å². The average molecular weight is 391 g/mol. The zero-order valence-corrected chi connectivity index (χ0v) is 15.8. The maximum Gasteiger partial charge on any atom is 0.236 e. The van der Waals surface area contributed by atoms with E-state index in [-0.39, 0.29) is 5.91 Å². The Balaban J connectivity index is 1.59. The molecule has 0 aliphatic carbocycles. The van der Waals surface area contributed by atoms with Gasteiger partial charge in [-0.05, 0) is 24.3 Å². The average Bonchev–Trinajstić information content (AvgIpc) is 3.08. The van der Waals surface area contributed by atoms with Gasteiger partial charge in [-0.3, -0.25) is 4.79 Å². The van der Waals surface area contributed by atoms with Gasteiger partial charge in [-0.25, -0.2) is 4.98 Å². The highest BCUT2D eigenvalue weighted by Gasteiger charge is 2.10. The number of anilines is 1. The highest BCUT2D eigenvalue weighted by atomic mass is 35.5. The predicted molar refractivity (Wildman–Crippen MR) is 105 cm³/mol. The van der Waals surface area contributed by atoms with Gasteiger partial charge in [0.05, 0.1) is 18.6 Å². The summed E-state index contributed by atoms with van der Waals surface area (Å²) in [5, 5.41) is 5.90. The van der Waals surface area contributed by atoms with Crippen LogP contribution in [0.5, 0.6) is 5.75 Å². The second kappa shape index (κ2) is 8.38. The number of aromatic nitrogens is 1. The molecular weight excluding hydrogens is 376 g/mol. The number of hydrogen-bond donors (Lipinski definition) is 1. The molecule has 1 amide bonds. The van der Waals surface area contributed by atoms with E-state index in [0.29, 0.717) is 15.9 Å². The predicted octanol–water partition coefficient (Wildman–Crippen LogP) is 5.20. The van der Waals surface area contributed by atoms with Crippen molar-refractivity contribution >= 4 is 45.7 Å². The van der Waals surface area contributed by atoms with Crippen LogP contribution in [-0.4, -0.2) is 23.8 Å². The van der Waals surface area contributed by atoms with Crippen LogP contribution in [0, 0.1) is 0 Å². The number of nitrogens with zero attached hydrogens (tertiary/aromatic N) is 1. The highest BCUT2D eigenvalue weighted by Crippen LogP contribution is 2.30. The Morgan fingerprint density at radius 3 is 2.92 bits per heavy atom. The van der Waals surface area contributed by atoms with Crippen LogP contribution >= 0.6 is 34.7 Å². The maximum atomic E-state index is 12.1. The van der Waals surface area contributed by atoms with Gasteiger partial charge in [-0.1, -0.05) is 35.9 Å². The number of methoxy groups -OCH3 is 1. The van der Waals surface area contributed by atoms with E-state index in [4.69, 9.17) is 16.3 Å². The number of amides is 1. The van der Waals surface area contributed by atoms with Crippen molar-refractivity contribution in [2.24, 2.45) is 0 Å². The summed E-state index contributed by atoms with van der Waals surface area (Å²) in [6.07, 6.45) is 0. The molecule has 3 aromatic rings. The first-order chi connectivity index (χ1) is 12.2. The van der Waals surface area contributed by atoms with Crippen molar-refractivity contribution in [2.75, 3.05) is 18.2 Å². The summed E-state index contributed by atoms with van der Waals surface area (Å²) in [6.45, 7) is 0. The number of thioether (sulfide) groups is 1. The van der Waals surface area contributed by atoms with E-state index >= 15 is 0 Å². The third-order valence-electron chi connectivity index (χ3n) is 3.31. The summed E-state index contributed by atoms with van der Waals surface area (Å²) in [5.74, 6) is 0.969. The van der Waals surface area contributed by atoms with Crippen LogP contribution in [0.4, 0.5) is 5.13 Å². The fourth-order valence-corrected chi connectivity index (χ4v) is 3.82. The Morgan fingerprint density at radius 1 is 1.28 bits per heavy atom. The second-order valence-corrected chi connectivity index (χ2v) is 7.35. The third kappa shape index (κ3) is 4.75. The van der Waals surface area contributed by atoms with Crippen LogP contribution in [0.3, 0.4) is 0 Å². The minimum Gasteiger partial charge on any atom is -0.497 e. The molecule has 0 aliphatic heterocycles. The molecule has 1 heterocycles. The molecule has 0 radical (unpaired) electrons. The van der Waals surface area contributed by atoms with Crippen molar-refractivity contribution in [1.29, 1.82) is 0 Å². The fourth-order valence-electron chi connectivity index (χ4n) is 2.12. The van der Waals surface area contributed by atoms with Gasteiger partial charge in [0, 0.05) is 20.9 Å². The van der Waals surface area contributed by atoms with Crippen molar-refractivity contribution in [3.05, 3.63) is 58.9 Å². The Labute approximate surface area is 159 Å². The summed E-state index contributed by atoms with van der Waals surface area (Å²) in [7, 11) is 1.62. The van der Waals surface area contributed by atoms with Crippen molar-refractivity contribution in [3.63, 3.8) is 0 Å². The largest absolute Gasteiger partial charge is 0.497 e. The molecule has 0 spiro atoms. The van der Waals surface area contributed by atoms with E-state index in [9.17, 15) is 4.79 Å². The summed E-state index contributed by atoms with van der Waals surface area (Å²) in [6, 6.07) is 15.1. The lowest BCUT2D eigenvalue weighted by atomic mass is 10.2. The third-order valence-corrected chi connectivity index (χ3v) is 5.39. The lowest BCUT2D eigenvalue weighted by Gasteiger charge is -2.04. The van der Waals surface area contributed by atoms with Gasteiger partial charge < -0.3 is 10.1 Å². The Kier molecular flexibility index (Phi) is 5.96. The summed E-state index contributed by atoms with van der Waals surface area (Å²) in [5.41, 5.74) is 1.61. The molecule has 0 atom stereocenters. The zero-order chi connectivity index (χ0) is 17.6. The normalized spacial score (nSPS) is 10.5. The molecule has 0 aliphatic rings. The molecule has 0 bridgehead atoms. The lowest BCUT2D eigenvalue weighted by Crippen LogP contribution is -2.13. The molecule has 0 saturated heterocycles. The first-order valence-corrected chi connectivity index (χ1v) is 9.67. The smallest absolute Gasteiger partial charge is 0.236 e. The monoisotopic (exact) mass is 390 g/mol. The minimum absolute atomic E-state index is 0.104. The molecule has 1 N–H and O–H groups in total. The molecule has 3 rings (SSSR count). The van der Waals surface area contributed by atoms with Gasteiger partial charge in [0.25, 0.3) is 0 Å². The molecule has 2 aromatic carbocycles. The Morgan fingerprint density at radius 2 is 2.12 bits per heavy atom. The van der Waals surface area contributed by atoms with Crippen molar-refractivity contribution in [3.8, 4) is 17.0 Å². The summed E-state index contributed by atoms with van der Waals surface area (Å²) in [4.78, 5) is 17.5. The summed E-state index contributed by atoms with van der Waals surface area (Å²) >= 11 is 9.00. The summed E-state index contributed by atoms with van der Waals surface area (Å²) < 4.78 is 5.18. The van der Waals surface area contributed by atoms with Crippen LogP contribution in [0.15, 0.2) is 58.8 Å². The van der Waals surface area contributed by atoms with Crippen LogP contribution in [0.2, 0.25) is 5.02 Å². The van der Waals surface area contributed by atoms with Gasteiger partial charge in [-0.2, -0.15) is 0 Å². The number of benzene rings is 2. The van der Waals surface area contributed by atoms with E-state index in [0.717, 1.165) is 21.9 Å². The first-order valence-electron chi connectivity index (χ1n) is 7.43. The number of nitrogens with one attached hydrogen (secondary N) is 1. The standard InChI is InChI=1S/C18H15ClN2O2S2/c1-23-12-5-4-6-13(9-12)24-11-17(22)21-18-20-16(10-25-18)14-7-2-3-8-15(14)19/h2-10H,11H2,1H3,(H,20,21,22). The van der Waals surface area contributed by atoms with E-state index < -0.39 is 0 Å². The molecule has 1 aromatic heterocycles. The topological polar surface area (TPSA) is 51.2 Å².